The molecule has 0 N–H and O–H groups in total. The first-order valence-electron chi connectivity index (χ1n) is 9.22. The first-order chi connectivity index (χ1) is 13.2. The van der Waals surface area contributed by atoms with Gasteiger partial charge in [-0.25, -0.2) is 9.97 Å². The number of aromatic nitrogens is 3. The highest BCUT2D eigenvalue weighted by atomic mass is 32.1. The fourth-order valence-electron chi connectivity index (χ4n) is 3.81. The van der Waals surface area contributed by atoms with Crippen LogP contribution in [0.5, 0.6) is 0 Å². The summed E-state index contributed by atoms with van der Waals surface area (Å²) in [5.41, 5.74) is 2.97. The van der Waals surface area contributed by atoms with E-state index in [4.69, 9.17) is 4.98 Å². The van der Waals surface area contributed by atoms with Crippen molar-refractivity contribution in [3.8, 4) is 0 Å². The van der Waals surface area contributed by atoms with Crippen LogP contribution in [0.25, 0.3) is 15.2 Å². The van der Waals surface area contributed by atoms with E-state index in [2.05, 4.69) is 34.1 Å². The summed E-state index contributed by atoms with van der Waals surface area (Å²) >= 11 is 3.36. The zero-order chi connectivity index (χ0) is 18.4. The average Bonchev–Trinajstić information content (AvgIpc) is 3.26. The lowest BCUT2D eigenvalue weighted by molar-refractivity contribution is 0.202. The maximum atomic E-state index is 12.3. The Kier molecular flexibility index (Phi) is 4.30. The largest absolute Gasteiger partial charge is 0.297 e. The highest BCUT2D eigenvalue weighted by Crippen LogP contribution is 2.34. The first-order valence-corrected chi connectivity index (χ1v) is 10.9. The summed E-state index contributed by atoms with van der Waals surface area (Å²) < 4.78 is 2.97. The number of para-hydroxylation sites is 1. The minimum atomic E-state index is 0.0260. The van der Waals surface area contributed by atoms with E-state index in [0.29, 0.717) is 5.92 Å². The van der Waals surface area contributed by atoms with Crippen molar-refractivity contribution in [2.75, 3.05) is 13.1 Å². The molecular weight excluding hydrogens is 376 g/mol. The number of aryl methyl sites for hydroxylation is 1. The van der Waals surface area contributed by atoms with Gasteiger partial charge in [0.15, 0.2) is 4.96 Å². The molecule has 4 aromatic rings. The molecule has 1 aliphatic rings. The molecule has 0 radical (unpaired) electrons. The van der Waals surface area contributed by atoms with Crippen LogP contribution in [0, 0.1) is 6.92 Å². The lowest BCUT2D eigenvalue weighted by Gasteiger charge is -2.30. The third kappa shape index (κ3) is 3.20. The predicted octanol–water partition coefficient (Wildman–Crippen LogP) is 4.05. The van der Waals surface area contributed by atoms with Crippen LogP contribution >= 0.6 is 22.7 Å². The van der Waals surface area contributed by atoms with Crippen molar-refractivity contribution in [1.82, 2.24) is 19.3 Å². The molecule has 1 aromatic carbocycles. The van der Waals surface area contributed by atoms with E-state index in [1.165, 1.54) is 21.0 Å². The van der Waals surface area contributed by atoms with Gasteiger partial charge in [-0.2, -0.15) is 0 Å². The summed E-state index contributed by atoms with van der Waals surface area (Å²) in [5.74, 6) is 0.541. The van der Waals surface area contributed by atoms with Gasteiger partial charge in [-0.05, 0) is 45.0 Å². The Hall–Kier alpha value is -2.09. The van der Waals surface area contributed by atoms with Gasteiger partial charge in [0.2, 0.25) is 0 Å². The molecule has 3 aromatic heterocycles. The normalized spacial score (nSPS) is 16.5. The van der Waals surface area contributed by atoms with Crippen LogP contribution in [0.15, 0.2) is 40.5 Å². The second-order valence-corrected chi connectivity index (χ2v) is 9.05. The molecule has 138 valence electrons. The minimum Gasteiger partial charge on any atom is -0.297 e. The number of rotatable bonds is 3. The number of nitrogens with zero attached hydrogens (tertiary/aromatic N) is 4. The van der Waals surface area contributed by atoms with Gasteiger partial charge in [0.05, 0.1) is 20.9 Å². The second-order valence-electron chi connectivity index (χ2n) is 7.15. The molecule has 27 heavy (non-hydrogen) atoms. The summed E-state index contributed by atoms with van der Waals surface area (Å²) in [4.78, 5) is 25.1. The molecule has 0 spiro atoms. The standard InChI is InChI=1S/C20H20N4OS2/c1-13-12-26-20-21-15(10-18(25)24(13)20)11-23-8-6-14(7-9-23)19-22-16-4-2-3-5-17(16)27-19/h2-5,10,12,14H,6-9,11H2,1H3. The Labute approximate surface area is 164 Å². The van der Waals surface area contributed by atoms with Gasteiger partial charge in [0, 0.05) is 29.6 Å². The molecule has 4 heterocycles. The average molecular weight is 397 g/mol. The first kappa shape index (κ1) is 17.0. The zero-order valence-corrected chi connectivity index (χ0v) is 16.7. The lowest BCUT2D eigenvalue weighted by atomic mass is 9.97. The molecule has 1 fully saturated rings. The molecule has 0 saturated carbocycles. The highest BCUT2D eigenvalue weighted by molar-refractivity contribution is 7.18. The quantitative estimate of drug-likeness (QED) is 0.524. The third-order valence-electron chi connectivity index (χ3n) is 5.26. The maximum Gasteiger partial charge on any atom is 0.259 e. The van der Waals surface area contributed by atoms with E-state index >= 15 is 0 Å². The molecule has 1 saturated heterocycles. The van der Waals surface area contributed by atoms with Gasteiger partial charge in [-0.3, -0.25) is 14.1 Å². The van der Waals surface area contributed by atoms with Crippen molar-refractivity contribution in [3.63, 3.8) is 0 Å². The molecule has 5 rings (SSSR count). The van der Waals surface area contributed by atoms with Crippen molar-refractivity contribution < 1.29 is 0 Å². The van der Waals surface area contributed by atoms with Crippen molar-refractivity contribution in [3.05, 3.63) is 62.5 Å². The van der Waals surface area contributed by atoms with Crippen LogP contribution in [0.1, 0.15) is 35.2 Å². The number of fused-ring (bicyclic) bond motifs is 2. The number of likely N-dealkylation sites (tertiary alicyclic amines) is 1. The van der Waals surface area contributed by atoms with Crippen LogP contribution < -0.4 is 5.56 Å². The molecule has 0 bridgehead atoms. The van der Waals surface area contributed by atoms with Gasteiger partial charge in [0.1, 0.15) is 0 Å². The zero-order valence-electron chi connectivity index (χ0n) is 15.1. The van der Waals surface area contributed by atoms with E-state index < -0.39 is 0 Å². The topological polar surface area (TPSA) is 50.5 Å². The lowest BCUT2D eigenvalue weighted by Crippen LogP contribution is -2.33. The number of piperidine rings is 1. The number of benzene rings is 1. The number of hydrogen-bond donors (Lipinski definition) is 0. The van der Waals surface area contributed by atoms with Crippen molar-refractivity contribution in [2.24, 2.45) is 0 Å². The molecule has 1 aliphatic heterocycles. The predicted molar refractivity (Wildman–Crippen MR) is 111 cm³/mol. The SMILES string of the molecule is Cc1csc2nc(CN3CCC(c4nc5ccccc5s4)CC3)cc(=O)n12. The van der Waals surface area contributed by atoms with Crippen LogP contribution in [-0.4, -0.2) is 32.4 Å². The highest BCUT2D eigenvalue weighted by Gasteiger charge is 2.23. The van der Waals surface area contributed by atoms with Gasteiger partial charge >= 0.3 is 0 Å². The fraction of sp³-hybridized carbons (Fsp3) is 0.350. The number of hydrogen-bond acceptors (Lipinski definition) is 6. The Balaban J connectivity index is 1.28. The molecule has 0 aliphatic carbocycles. The van der Waals surface area contributed by atoms with Crippen LogP contribution in [0.3, 0.4) is 0 Å². The summed E-state index contributed by atoms with van der Waals surface area (Å²) in [6.07, 6.45) is 2.22. The monoisotopic (exact) mass is 396 g/mol. The Morgan fingerprint density at radius 2 is 2.00 bits per heavy atom. The Bertz CT molecular complexity index is 1130. The van der Waals surface area contributed by atoms with Gasteiger partial charge < -0.3 is 0 Å². The number of thiazole rings is 2. The van der Waals surface area contributed by atoms with Crippen molar-refractivity contribution >= 4 is 37.9 Å². The summed E-state index contributed by atoms with van der Waals surface area (Å²) in [6, 6.07) is 10.1. The van der Waals surface area contributed by atoms with Crippen LogP contribution in [0.2, 0.25) is 0 Å². The van der Waals surface area contributed by atoms with Crippen LogP contribution in [-0.2, 0) is 6.54 Å². The summed E-state index contributed by atoms with van der Waals surface area (Å²) in [6.45, 7) is 4.73. The van der Waals surface area contributed by atoms with E-state index in [0.717, 1.165) is 54.3 Å². The second kappa shape index (κ2) is 6.82. The molecule has 0 unspecified atom stereocenters. The fourth-order valence-corrected chi connectivity index (χ4v) is 5.84. The molecular formula is C20H20N4OS2. The van der Waals surface area contributed by atoms with Gasteiger partial charge in [-0.1, -0.05) is 12.1 Å². The molecule has 7 heteroatoms. The Morgan fingerprint density at radius 3 is 2.81 bits per heavy atom. The van der Waals surface area contributed by atoms with Crippen molar-refractivity contribution in [1.29, 1.82) is 0 Å². The maximum absolute atomic E-state index is 12.3. The minimum absolute atomic E-state index is 0.0260. The smallest absolute Gasteiger partial charge is 0.259 e. The summed E-state index contributed by atoms with van der Waals surface area (Å²) in [5, 5.41) is 3.25. The van der Waals surface area contributed by atoms with E-state index in [1.54, 1.807) is 10.5 Å². The molecule has 5 nitrogen and oxygen atoms in total. The van der Waals surface area contributed by atoms with Crippen molar-refractivity contribution in [2.45, 2.75) is 32.2 Å². The van der Waals surface area contributed by atoms with E-state index in [1.807, 2.05) is 23.6 Å². The third-order valence-corrected chi connectivity index (χ3v) is 7.40. The Morgan fingerprint density at radius 1 is 1.19 bits per heavy atom. The molecule has 0 amide bonds. The van der Waals surface area contributed by atoms with Gasteiger partial charge in [0.25, 0.3) is 5.56 Å². The van der Waals surface area contributed by atoms with E-state index in [9.17, 15) is 4.79 Å². The molecule has 0 atom stereocenters. The summed E-state index contributed by atoms with van der Waals surface area (Å²) in [7, 11) is 0. The van der Waals surface area contributed by atoms with Crippen LogP contribution in [0.4, 0.5) is 0 Å². The van der Waals surface area contributed by atoms with Gasteiger partial charge in [-0.15, -0.1) is 22.7 Å². The van der Waals surface area contributed by atoms with E-state index in [-0.39, 0.29) is 5.56 Å².